The van der Waals surface area contributed by atoms with Crippen molar-refractivity contribution in [2.75, 3.05) is 25.7 Å². The topological polar surface area (TPSA) is 306 Å². The van der Waals surface area contributed by atoms with Gasteiger partial charge in [-0.1, -0.05) is 92.0 Å². The molecule has 6 aromatic heterocycles. The number of nitrogens with one attached hydrogen (secondary N) is 3. The van der Waals surface area contributed by atoms with Gasteiger partial charge in [-0.2, -0.15) is 15.3 Å². The Morgan fingerprint density at radius 1 is 0.560 bits per heavy atom. The number of halogens is 5. The maximum Gasteiger partial charge on any atom is 1.00 e. The van der Waals surface area contributed by atoms with Gasteiger partial charge in [0.25, 0.3) is 17.7 Å². The van der Waals surface area contributed by atoms with Crippen LogP contribution in [0.1, 0.15) is 155 Å². The largest absolute Gasteiger partial charge is 1.00 e. The molecule has 3 N–H and O–H groups in total. The van der Waals surface area contributed by atoms with Crippen LogP contribution in [0.2, 0.25) is 15.1 Å². The van der Waals surface area contributed by atoms with Crippen LogP contribution in [0.5, 0.6) is 0 Å². The third kappa shape index (κ3) is 26.5. The fraction of sp³-hybridized carbons (Fsp3) is 0.309. The maximum atomic E-state index is 13.1. The zero-order valence-corrected chi connectivity index (χ0v) is 66.8. The SMILES string of the molecule is CCCC(NC(=O)c1cnn(-c2ccc(Cl)cc2)c1C)c1cccnc1.CCCC(NC(=O)c1cnn(-c2ccc(Cl)cc2)c1C)c1cncc(Br)c1.CCCC(NC(=O)c1cnn(-c2ccc(Cl)cc2)c1C)c1cncc(S(=O)(=O)CCC(=O)OC)c1.COC(=O)CCS(=O)[O-].[Cu][I].[Na+]. The number of amides is 3. The zero-order valence-electron chi connectivity index (χ0n) is 56.3. The van der Waals surface area contributed by atoms with Gasteiger partial charge in [0, 0.05) is 62.5 Å². The van der Waals surface area contributed by atoms with Crippen molar-refractivity contribution in [1.29, 1.82) is 0 Å². The van der Waals surface area contributed by atoms with E-state index in [9.17, 15) is 41.2 Å². The number of nitrogens with zero attached hydrogens (tertiary/aromatic N) is 9. The summed E-state index contributed by atoms with van der Waals surface area (Å²) in [4.78, 5) is 72.9. The average molecular weight is 1700 g/mol. The Balaban J connectivity index is 0.000000297. The number of sulfone groups is 1. The van der Waals surface area contributed by atoms with Crippen molar-refractivity contribution >= 4 is 122 Å². The van der Waals surface area contributed by atoms with Crippen LogP contribution in [0, 0.1) is 20.8 Å². The molecule has 0 aliphatic rings. The van der Waals surface area contributed by atoms with Gasteiger partial charge in [-0.15, -0.1) is 0 Å². The summed E-state index contributed by atoms with van der Waals surface area (Å²) < 4.78 is 59.7. The quantitative estimate of drug-likeness (QED) is 0.0207. The normalized spacial score (nSPS) is 11.8. The van der Waals surface area contributed by atoms with E-state index in [1.165, 1.54) is 38.9 Å². The number of methoxy groups -OCH3 is 2. The summed E-state index contributed by atoms with van der Waals surface area (Å²) in [5.41, 5.74) is 8.75. The molecule has 6 heterocycles. The van der Waals surface area contributed by atoms with Gasteiger partial charge in [-0.05, 0) is 164 Å². The molecule has 3 amide bonds. The zero-order chi connectivity index (χ0) is 72.8. The van der Waals surface area contributed by atoms with Gasteiger partial charge in [-0.25, -0.2) is 22.5 Å². The predicted molar refractivity (Wildman–Crippen MR) is 389 cm³/mol. The van der Waals surface area contributed by atoms with Gasteiger partial charge in [-0.3, -0.25) is 43.1 Å². The maximum absolute atomic E-state index is 13.1. The molecule has 0 aliphatic carbocycles. The number of ether oxygens (including phenoxy) is 2. The molecular weight excluding hydrogens is 1620 g/mol. The molecule has 100 heavy (non-hydrogen) atoms. The molecule has 9 rings (SSSR count). The Bertz CT molecular complexity index is 4240. The smallest absolute Gasteiger partial charge is 1.00 e. The average Bonchev–Trinajstić information content (AvgIpc) is 1.64. The molecule has 0 aliphatic heterocycles. The second-order valence-electron chi connectivity index (χ2n) is 21.7. The Morgan fingerprint density at radius 2 is 0.920 bits per heavy atom. The van der Waals surface area contributed by atoms with Crippen LogP contribution in [0.15, 0.2) is 162 Å². The second-order valence-corrected chi connectivity index (χ2v) is 27.0. The third-order valence-corrected chi connectivity index (χ3v) is 18.2. The molecule has 0 saturated carbocycles. The van der Waals surface area contributed by atoms with Crippen molar-refractivity contribution in [2.45, 2.75) is 116 Å². The molecule has 532 valence electrons. The first-order valence-electron chi connectivity index (χ1n) is 30.7. The van der Waals surface area contributed by atoms with Crippen molar-refractivity contribution in [1.82, 2.24) is 60.2 Å². The Labute approximate surface area is 650 Å². The van der Waals surface area contributed by atoms with Crippen LogP contribution in [0.25, 0.3) is 17.1 Å². The molecule has 0 radical (unpaired) electrons. The fourth-order valence-electron chi connectivity index (χ4n) is 9.67. The molecular formula is C68H75BrCl3CuIN12NaO11S2. The molecule has 9 aromatic rings. The summed E-state index contributed by atoms with van der Waals surface area (Å²) in [6.45, 7) is 11.7. The van der Waals surface area contributed by atoms with Crippen molar-refractivity contribution in [3.05, 3.63) is 223 Å². The molecule has 32 heteroatoms. The summed E-state index contributed by atoms with van der Waals surface area (Å²) in [5.74, 6) is -2.27. The minimum atomic E-state index is -3.75. The van der Waals surface area contributed by atoms with Gasteiger partial charge < -0.3 is 30.0 Å². The summed E-state index contributed by atoms with van der Waals surface area (Å²) in [6, 6.07) is 28.5. The molecule has 4 atom stereocenters. The first kappa shape index (κ1) is 86.2. The van der Waals surface area contributed by atoms with E-state index in [4.69, 9.17) is 34.8 Å². The van der Waals surface area contributed by atoms with Gasteiger partial charge in [0.2, 0.25) is 0 Å². The Hall–Kier alpha value is -6.25. The molecule has 0 saturated heterocycles. The molecule has 23 nitrogen and oxygen atoms in total. The van der Waals surface area contributed by atoms with Crippen LogP contribution in [0.4, 0.5) is 0 Å². The summed E-state index contributed by atoms with van der Waals surface area (Å²) in [7, 11) is -1.33. The fourth-order valence-corrected chi connectivity index (χ4v) is 12.0. The summed E-state index contributed by atoms with van der Waals surface area (Å²) >= 11 is 25.0. The number of carbonyl (C=O) groups is 5. The number of rotatable bonds is 25. The van der Waals surface area contributed by atoms with Gasteiger partial charge >= 0.3 is 74.6 Å². The second kappa shape index (κ2) is 44.3. The van der Waals surface area contributed by atoms with E-state index < -0.39 is 44.7 Å². The first-order valence-corrected chi connectivity index (χ1v) is 38.6. The van der Waals surface area contributed by atoms with Crippen molar-refractivity contribution < 1.29 is 92.9 Å². The number of pyridine rings is 3. The number of benzene rings is 3. The Morgan fingerprint density at radius 3 is 1.27 bits per heavy atom. The van der Waals surface area contributed by atoms with E-state index in [1.807, 2.05) is 75.4 Å². The van der Waals surface area contributed by atoms with Crippen molar-refractivity contribution in [3.63, 3.8) is 0 Å². The van der Waals surface area contributed by atoms with Gasteiger partial charge in [0.15, 0.2) is 9.84 Å². The molecule has 3 aromatic carbocycles. The number of hydrogen-bond acceptors (Lipinski definition) is 17. The van der Waals surface area contributed by atoms with E-state index in [0.29, 0.717) is 49.4 Å². The van der Waals surface area contributed by atoms with E-state index in [2.05, 4.69) is 98.2 Å². The van der Waals surface area contributed by atoms with E-state index in [0.717, 1.165) is 76.2 Å². The minimum absolute atomic E-state index is 0. The van der Waals surface area contributed by atoms with Crippen molar-refractivity contribution in [2.24, 2.45) is 0 Å². The first-order chi connectivity index (χ1) is 47.4. The van der Waals surface area contributed by atoms with Gasteiger partial charge in [0.05, 0.1) is 125 Å². The minimum Gasteiger partial charge on any atom is 1.00 e. The van der Waals surface area contributed by atoms with E-state index in [1.54, 1.807) is 115 Å². The number of hydrogen-bond donors (Lipinski definition) is 3. The monoisotopic (exact) mass is 1700 g/mol. The molecule has 0 spiro atoms. The molecule has 0 bridgehead atoms. The van der Waals surface area contributed by atoms with Crippen molar-refractivity contribution in [3.8, 4) is 17.1 Å². The van der Waals surface area contributed by atoms with Crippen LogP contribution in [0.3, 0.4) is 0 Å². The van der Waals surface area contributed by atoms with Gasteiger partial charge in [0.1, 0.15) is 0 Å². The van der Waals surface area contributed by atoms with E-state index >= 15 is 0 Å². The number of esters is 2. The molecule has 0 fully saturated rings. The van der Waals surface area contributed by atoms with Crippen LogP contribution in [-0.4, -0.2) is 117 Å². The standard InChI is InChI=1S/C24H27ClN4O5S.C20H20BrClN4O.C20H21ClN4O.C4H8O4S.Cu.HI.Na/c1-4-5-22(17-12-20(14-26-13-17)35(32,33)11-10-23(30)34-3)28-24(31)21-15-27-29(16(21)2)19-8-6-18(25)7-9-19;1-3-4-19(14-9-15(21)11-23-10-14)25-20(27)18-12-24-26(13(18)2)17-7-5-16(22)6-8-17;1-3-5-19(15-6-4-11-22-12-15)24-20(26)18-13-23-25(14(18)2)17-9-7-16(21)8-10-17;1-8-4(5)2-3-9(6)7;;;/h6-9,12-15,22H,4-5,10-11H2,1-3H3,(H,28,31);5-12,19H,3-4H2,1-2H3,(H,25,27);4,6-13,19H,3,5H2,1-2H3,(H,24,26);2-3H2,1H3,(H,6,7);;1H;/q;;;;+1;;+1/p-2. The van der Waals surface area contributed by atoms with E-state index in [-0.39, 0.29) is 82.9 Å². The molecule has 4 unspecified atom stereocenters. The van der Waals surface area contributed by atoms with Crippen LogP contribution < -0.4 is 45.5 Å². The Kier molecular flexibility index (Phi) is 38.2. The predicted octanol–water partition coefficient (Wildman–Crippen LogP) is 10.9. The van der Waals surface area contributed by atoms with Crippen LogP contribution >= 0.6 is 71.1 Å². The third-order valence-electron chi connectivity index (χ3n) is 14.8. The summed E-state index contributed by atoms with van der Waals surface area (Å²) in [5, 5.41) is 24.2. The van der Waals surface area contributed by atoms with Crippen LogP contribution in [-0.2, 0) is 52.7 Å². The number of carbonyl (C=O) groups excluding carboxylic acids is 5. The summed E-state index contributed by atoms with van der Waals surface area (Å²) in [6.07, 6.45) is 19.1. The number of aromatic nitrogens is 9.